The van der Waals surface area contributed by atoms with E-state index in [1.807, 2.05) is 0 Å². The van der Waals surface area contributed by atoms with Gasteiger partial charge in [0.1, 0.15) is 0 Å². The predicted molar refractivity (Wildman–Crippen MR) is 142 cm³/mol. The Morgan fingerprint density at radius 3 is 1.19 bits per heavy atom. The smallest absolute Gasteiger partial charge is 0.303 e. The van der Waals surface area contributed by atoms with E-state index in [9.17, 15) is 4.79 Å². The van der Waals surface area contributed by atoms with Crippen LogP contribution < -0.4 is 0 Å². The van der Waals surface area contributed by atoms with Gasteiger partial charge in [0, 0.05) is 6.42 Å². The normalized spacial score (nSPS) is 11.7. The highest BCUT2D eigenvalue weighted by molar-refractivity contribution is 5.66. The van der Waals surface area contributed by atoms with Crippen LogP contribution in [0.3, 0.4) is 0 Å². The molecule has 0 saturated heterocycles. The van der Waals surface area contributed by atoms with Crippen LogP contribution in [0.1, 0.15) is 148 Å². The van der Waals surface area contributed by atoms with E-state index in [0.717, 1.165) is 12.8 Å². The number of carbonyl (C=O) groups is 1. The number of nitrogens with zero attached hydrogens (tertiary/aromatic N) is 1. The van der Waals surface area contributed by atoms with Gasteiger partial charge in [-0.2, -0.15) is 0 Å². The summed E-state index contributed by atoms with van der Waals surface area (Å²) in [5.41, 5.74) is 0. The lowest BCUT2D eigenvalue weighted by Gasteiger charge is -2.08. The summed E-state index contributed by atoms with van der Waals surface area (Å²) < 4.78 is 0. The largest absolute Gasteiger partial charge is 0.481 e. The first-order valence-electron chi connectivity index (χ1n) is 14.1. The Morgan fingerprint density at radius 1 is 0.531 bits per heavy atom. The van der Waals surface area contributed by atoms with Crippen LogP contribution in [-0.2, 0) is 4.79 Å². The first-order chi connectivity index (χ1) is 15.6. The average Bonchev–Trinajstić information content (AvgIpc) is 2.75. The first-order valence-corrected chi connectivity index (χ1v) is 14.1. The number of unbranched alkanes of at least 4 members (excludes halogenated alkanes) is 20. The molecule has 3 nitrogen and oxygen atoms in total. The number of allylic oxidation sites excluding steroid dienone is 2. The standard InChI is InChI=1S/C29H57NO2/c1-30(2)28-26-24-22-20-18-16-14-12-10-8-6-4-3-5-7-9-11-13-15-17-19-21-23-25-27-29(31)32/h11,13H,3-10,12,14-28H2,1-2H3,(H,31,32). The van der Waals surface area contributed by atoms with Crippen molar-refractivity contribution in [3.63, 3.8) is 0 Å². The van der Waals surface area contributed by atoms with Crippen molar-refractivity contribution in [3.8, 4) is 0 Å². The second-order valence-corrected chi connectivity index (χ2v) is 10.1. The molecule has 0 bridgehead atoms. The van der Waals surface area contributed by atoms with Crippen molar-refractivity contribution in [2.45, 2.75) is 148 Å². The average molecular weight is 452 g/mol. The summed E-state index contributed by atoms with van der Waals surface area (Å²) in [5.74, 6) is -0.661. The van der Waals surface area contributed by atoms with Gasteiger partial charge in [0.25, 0.3) is 0 Å². The Bertz CT molecular complexity index is 406. The highest BCUT2D eigenvalue weighted by Crippen LogP contribution is 2.14. The van der Waals surface area contributed by atoms with Crippen LogP contribution >= 0.6 is 0 Å². The quantitative estimate of drug-likeness (QED) is 0.105. The van der Waals surface area contributed by atoms with Gasteiger partial charge in [-0.3, -0.25) is 4.79 Å². The molecule has 0 aliphatic carbocycles. The maximum atomic E-state index is 10.4. The Morgan fingerprint density at radius 2 is 0.844 bits per heavy atom. The maximum absolute atomic E-state index is 10.4. The third-order valence-electron chi connectivity index (χ3n) is 6.40. The van der Waals surface area contributed by atoms with Crippen LogP contribution in [0.2, 0.25) is 0 Å². The predicted octanol–water partition coefficient (Wildman–Crippen LogP) is 9.16. The minimum absolute atomic E-state index is 0.331. The van der Waals surface area contributed by atoms with Gasteiger partial charge in [0.05, 0.1) is 0 Å². The molecule has 1 N–H and O–H groups in total. The van der Waals surface area contributed by atoms with Crippen molar-refractivity contribution < 1.29 is 9.90 Å². The first kappa shape index (κ1) is 31.2. The second kappa shape index (κ2) is 26.4. The summed E-state index contributed by atoms with van der Waals surface area (Å²) in [6.07, 6.45) is 34.4. The molecule has 0 aromatic rings. The van der Waals surface area contributed by atoms with Gasteiger partial charge in [0.2, 0.25) is 0 Å². The van der Waals surface area contributed by atoms with E-state index < -0.39 is 5.97 Å². The summed E-state index contributed by atoms with van der Waals surface area (Å²) in [5, 5.41) is 8.60. The van der Waals surface area contributed by atoms with Gasteiger partial charge in [0.15, 0.2) is 0 Å². The molecule has 0 rings (SSSR count). The Hall–Kier alpha value is -0.830. The van der Waals surface area contributed by atoms with Gasteiger partial charge in [-0.05, 0) is 59.2 Å². The van der Waals surface area contributed by atoms with E-state index in [2.05, 4.69) is 31.1 Å². The van der Waals surface area contributed by atoms with Gasteiger partial charge in [-0.15, -0.1) is 0 Å². The fourth-order valence-electron chi connectivity index (χ4n) is 4.29. The van der Waals surface area contributed by atoms with E-state index in [4.69, 9.17) is 5.11 Å². The molecule has 0 aromatic heterocycles. The highest BCUT2D eigenvalue weighted by Gasteiger charge is 1.97. The highest BCUT2D eigenvalue weighted by atomic mass is 16.4. The van der Waals surface area contributed by atoms with Gasteiger partial charge in [-0.1, -0.05) is 115 Å². The lowest BCUT2D eigenvalue weighted by molar-refractivity contribution is -0.137. The molecule has 0 heterocycles. The number of rotatable bonds is 26. The molecule has 0 amide bonds. The molecule has 0 radical (unpaired) electrons. The minimum Gasteiger partial charge on any atom is -0.481 e. The van der Waals surface area contributed by atoms with Crippen molar-refractivity contribution in [3.05, 3.63) is 12.2 Å². The fraction of sp³-hybridized carbons (Fsp3) is 0.897. The molecule has 3 heteroatoms. The number of carboxylic acid groups (broad SMARTS) is 1. The van der Waals surface area contributed by atoms with E-state index in [-0.39, 0.29) is 0 Å². The van der Waals surface area contributed by atoms with E-state index in [0.29, 0.717) is 6.42 Å². The van der Waals surface area contributed by atoms with E-state index in [1.165, 1.54) is 135 Å². The summed E-state index contributed by atoms with van der Waals surface area (Å²) in [6, 6.07) is 0. The van der Waals surface area contributed by atoms with Crippen LogP contribution in [0.15, 0.2) is 12.2 Å². The molecule has 0 unspecified atom stereocenters. The Labute approximate surface area is 201 Å². The number of aliphatic carboxylic acids is 1. The molecule has 0 aliphatic heterocycles. The molecule has 0 spiro atoms. The topological polar surface area (TPSA) is 40.5 Å². The molecule has 0 aromatic carbocycles. The molecule has 0 saturated carbocycles. The molecular weight excluding hydrogens is 394 g/mol. The van der Waals surface area contributed by atoms with Gasteiger partial charge < -0.3 is 10.0 Å². The van der Waals surface area contributed by atoms with E-state index >= 15 is 0 Å². The molecule has 32 heavy (non-hydrogen) atoms. The monoisotopic (exact) mass is 451 g/mol. The zero-order valence-electron chi connectivity index (χ0n) is 21.9. The summed E-state index contributed by atoms with van der Waals surface area (Å²) in [4.78, 5) is 12.7. The van der Waals surface area contributed by atoms with Crippen molar-refractivity contribution in [2.75, 3.05) is 20.6 Å². The fourth-order valence-corrected chi connectivity index (χ4v) is 4.29. The lowest BCUT2D eigenvalue weighted by atomic mass is 10.0. The van der Waals surface area contributed by atoms with Crippen LogP contribution in [0.5, 0.6) is 0 Å². The molecule has 0 fully saturated rings. The van der Waals surface area contributed by atoms with Crippen molar-refractivity contribution in [2.24, 2.45) is 0 Å². The van der Waals surface area contributed by atoms with Crippen LogP contribution in [0.4, 0.5) is 0 Å². The van der Waals surface area contributed by atoms with Crippen molar-refractivity contribution in [1.29, 1.82) is 0 Å². The van der Waals surface area contributed by atoms with Crippen molar-refractivity contribution >= 4 is 5.97 Å². The third-order valence-corrected chi connectivity index (χ3v) is 6.40. The van der Waals surface area contributed by atoms with Gasteiger partial charge >= 0.3 is 5.97 Å². The summed E-state index contributed by atoms with van der Waals surface area (Å²) >= 11 is 0. The second-order valence-electron chi connectivity index (χ2n) is 10.1. The zero-order valence-corrected chi connectivity index (χ0v) is 21.9. The number of hydrogen-bond acceptors (Lipinski definition) is 2. The Kier molecular flexibility index (Phi) is 25.7. The van der Waals surface area contributed by atoms with Crippen LogP contribution in [0.25, 0.3) is 0 Å². The van der Waals surface area contributed by atoms with Gasteiger partial charge in [-0.25, -0.2) is 0 Å². The zero-order chi connectivity index (χ0) is 23.5. The minimum atomic E-state index is -0.661. The lowest BCUT2D eigenvalue weighted by Crippen LogP contribution is -2.12. The molecule has 0 aliphatic rings. The van der Waals surface area contributed by atoms with Crippen molar-refractivity contribution in [1.82, 2.24) is 4.90 Å². The van der Waals surface area contributed by atoms with Crippen LogP contribution in [0, 0.1) is 0 Å². The number of carboxylic acids is 1. The maximum Gasteiger partial charge on any atom is 0.303 e. The van der Waals surface area contributed by atoms with Crippen LogP contribution in [-0.4, -0.2) is 36.6 Å². The molecule has 0 atom stereocenters. The number of hydrogen-bond donors (Lipinski definition) is 1. The van der Waals surface area contributed by atoms with E-state index in [1.54, 1.807) is 0 Å². The molecular formula is C29H57NO2. The third kappa shape index (κ3) is 29.2. The summed E-state index contributed by atoms with van der Waals surface area (Å²) in [7, 11) is 4.34. The molecule has 190 valence electrons. The summed E-state index contributed by atoms with van der Waals surface area (Å²) in [6.45, 7) is 1.25. The SMILES string of the molecule is CN(C)CCCCCCCCCCCCCCCCCC=CCCCCCCCC(=O)O. The Balaban J connectivity index is 3.08.